The predicted molar refractivity (Wildman–Crippen MR) is 97.6 cm³/mol. The van der Waals surface area contributed by atoms with Gasteiger partial charge in [-0.2, -0.15) is 8.78 Å². The molecule has 3 rings (SSSR count). The van der Waals surface area contributed by atoms with Crippen LogP contribution in [0.25, 0.3) is 11.3 Å². The Labute approximate surface area is 153 Å². The number of nitrogens with zero attached hydrogens (tertiary/aromatic N) is 1. The molecule has 1 N–H and O–H groups in total. The van der Waals surface area contributed by atoms with Crippen molar-refractivity contribution in [1.82, 2.24) is 4.98 Å². The van der Waals surface area contributed by atoms with Gasteiger partial charge in [-0.05, 0) is 24.1 Å². The van der Waals surface area contributed by atoms with Gasteiger partial charge in [0.25, 0.3) is 0 Å². The minimum absolute atomic E-state index is 0.0507. The summed E-state index contributed by atoms with van der Waals surface area (Å²) in [5.41, 5.74) is 2.01. The van der Waals surface area contributed by atoms with E-state index in [0.717, 1.165) is 5.56 Å². The second kappa shape index (κ2) is 8.53. The van der Waals surface area contributed by atoms with E-state index in [4.69, 9.17) is 0 Å². The van der Waals surface area contributed by atoms with Gasteiger partial charge >= 0.3 is 6.61 Å². The van der Waals surface area contributed by atoms with Crippen molar-refractivity contribution in [3.63, 3.8) is 0 Å². The number of aromatic nitrogens is 1. The Balaban J connectivity index is 1.64. The highest BCUT2D eigenvalue weighted by atomic mass is 32.1. The van der Waals surface area contributed by atoms with Crippen LogP contribution >= 0.6 is 11.3 Å². The highest BCUT2D eigenvalue weighted by molar-refractivity contribution is 7.14. The van der Waals surface area contributed by atoms with Crippen LogP contribution in [0.15, 0.2) is 60.0 Å². The molecule has 0 spiro atoms. The van der Waals surface area contributed by atoms with Crippen molar-refractivity contribution < 1.29 is 18.3 Å². The van der Waals surface area contributed by atoms with Crippen LogP contribution in [0.4, 0.5) is 13.9 Å². The maximum absolute atomic E-state index is 12.5. The maximum atomic E-state index is 12.5. The summed E-state index contributed by atoms with van der Waals surface area (Å²) in [5.74, 6) is -0.0957. The van der Waals surface area contributed by atoms with Crippen LogP contribution in [-0.2, 0) is 11.2 Å². The minimum atomic E-state index is -2.91. The molecule has 0 bridgehead atoms. The van der Waals surface area contributed by atoms with Gasteiger partial charge in [0.15, 0.2) is 5.13 Å². The van der Waals surface area contributed by atoms with Crippen LogP contribution in [0.5, 0.6) is 5.75 Å². The predicted octanol–water partition coefficient (Wildman–Crippen LogP) is 4.98. The zero-order chi connectivity index (χ0) is 18.4. The van der Waals surface area contributed by atoms with Crippen LogP contribution in [-0.4, -0.2) is 17.5 Å². The number of benzene rings is 2. The number of thiazole rings is 1. The molecule has 134 valence electrons. The third-order valence-electron chi connectivity index (χ3n) is 3.61. The monoisotopic (exact) mass is 374 g/mol. The van der Waals surface area contributed by atoms with Gasteiger partial charge in [0.2, 0.25) is 5.91 Å². The Kier molecular flexibility index (Phi) is 5.91. The molecule has 0 atom stereocenters. The molecule has 1 amide bonds. The summed E-state index contributed by atoms with van der Waals surface area (Å²) in [6, 6.07) is 16.1. The van der Waals surface area contributed by atoms with Crippen molar-refractivity contribution >= 4 is 22.4 Å². The zero-order valence-electron chi connectivity index (χ0n) is 13.7. The van der Waals surface area contributed by atoms with E-state index in [9.17, 15) is 13.6 Å². The van der Waals surface area contributed by atoms with Crippen molar-refractivity contribution in [2.75, 3.05) is 5.32 Å². The summed E-state index contributed by atoms with van der Waals surface area (Å²) in [4.78, 5) is 16.4. The number of carbonyl (C=O) groups excluding carboxylic acids is 1. The van der Waals surface area contributed by atoms with E-state index in [1.165, 1.54) is 17.4 Å². The summed E-state index contributed by atoms with van der Waals surface area (Å²) in [6.07, 6.45) is 0.972. The number of alkyl halides is 2. The molecule has 3 aromatic rings. The highest BCUT2D eigenvalue weighted by Crippen LogP contribution is 2.33. The lowest BCUT2D eigenvalue weighted by molar-refractivity contribution is -0.116. The molecule has 2 aromatic carbocycles. The molecule has 0 saturated carbocycles. The Morgan fingerprint density at radius 2 is 1.85 bits per heavy atom. The van der Waals surface area contributed by atoms with Gasteiger partial charge in [-0.1, -0.05) is 42.5 Å². The lowest BCUT2D eigenvalue weighted by Gasteiger charge is -2.08. The molecule has 0 aliphatic carbocycles. The minimum Gasteiger partial charge on any atom is -0.434 e. The average molecular weight is 374 g/mol. The standard InChI is InChI=1S/C19H16F2N2O2S/c20-18(21)25-16-9-5-4-8-14(16)15-12-26-19(22-15)23-17(24)11-10-13-6-2-1-3-7-13/h1-9,12,18H,10-11H2,(H,22,23,24). The number of hydrogen-bond acceptors (Lipinski definition) is 4. The summed E-state index contributed by atoms with van der Waals surface area (Å²) in [5, 5.41) is 4.86. The fraction of sp³-hybridized carbons (Fsp3) is 0.158. The quantitative estimate of drug-likeness (QED) is 0.634. The van der Waals surface area contributed by atoms with E-state index in [0.29, 0.717) is 29.2 Å². The fourth-order valence-corrected chi connectivity index (χ4v) is 3.14. The molecule has 0 aliphatic rings. The fourth-order valence-electron chi connectivity index (χ4n) is 2.42. The second-order valence-corrected chi connectivity index (χ2v) is 6.30. The molecule has 7 heteroatoms. The third kappa shape index (κ3) is 4.86. The molecule has 0 radical (unpaired) electrons. The SMILES string of the molecule is O=C(CCc1ccccc1)Nc1nc(-c2ccccc2OC(F)F)cs1. The zero-order valence-corrected chi connectivity index (χ0v) is 14.5. The first-order chi connectivity index (χ1) is 12.6. The number of ether oxygens (including phenoxy) is 1. The van der Waals surface area contributed by atoms with Gasteiger partial charge in [-0.15, -0.1) is 11.3 Å². The molecule has 0 fully saturated rings. The van der Waals surface area contributed by atoms with Crippen molar-refractivity contribution in [1.29, 1.82) is 0 Å². The van der Waals surface area contributed by atoms with Gasteiger partial charge in [0.05, 0.1) is 5.69 Å². The van der Waals surface area contributed by atoms with E-state index < -0.39 is 6.61 Å². The van der Waals surface area contributed by atoms with Crippen molar-refractivity contribution in [3.8, 4) is 17.0 Å². The van der Waals surface area contributed by atoms with Crippen molar-refractivity contribution in [2.24, 2.45) is 0 Å². The number of rotatable bonds is 7. The lowest BCUT2D eigenvalue weighted by atomic mass is 10.1. The Morgan fingerprint density at radius 1 is 1.12 bits per heavy atom. The first-order valence-electron chi connectivity index (χ1n) is 7.95. The summed E-state index contributed by atoms with van der Waals surface area (Å²) in [7, 11) is 0. The molecular weight excluding hydrogens is 358 g/mol. The molecule has 0 saturated heterocycles. The van der Waals surface area contributed by atoms with Gasteiger partial charge in [-0.3, -0.25) is 4.79 Å². The lowest BCUT2D eigenvalue weighted by Crippen LogP contribution is -2.12. The van der Waals surface area contributed by atoms with E-state index >= 15 is 0 Å². The van der Waals surface area contributed by atoms with Crippen LogP contribution < -0.4 is 10.1 Å². The topological polar surface area (TPSA) is 51.2 Å². The molecular formula is C19H16F2N2O2S. The molecule has 1 aromatic heterocycles. The first kappa shape index (κ1) is 18.0. The number of anilines is 1. The van der Waals surface area contributed by atoms with Crippen LogP contribution in [0.2, 0.25) is 0 Å². The largest absolute Gasteiger partial charge is 0.434 e. The number of nitrogens with one attached hydrogen (secondary N) is 1. The first-order valence-corrected chi connectivity index (χ1v) is 8.83. The number of aryl methyl sites for hydroxylation is 1. The van der Waals surface area contributed by atoms with Gasteiger partial charge in [-0.25, -0.2) is 4.98 Å². The van der Waals surface area contributed by atoms with E-state index in [1.807, 2.05) is 30.3 Å². The number of carbonyl (C=O) groups is 1. The average Bonchev–Trinajstić information content (AvgIpc) is 3.09. The summed E-state index contributed by atoms with van der Waals surface area (Å²) in [6.45, 7) is -2.91. The number of para-hydroxylation sites is 1. The summed E-state index contributed by atoms with van der Waals surface area (Å²) < 4.78 is 29.6. The van der Waals surface area contributed by atoms with E-state index in [2.05, 4.69) is 15.0 Å². The Hall–Kier alpha value is -2.80. The van der Waals surface area contributed by atoms with Gasteiger partial charge < -0.3 is 10.1 Å². The van der Waals surface area contributed by atoms with Crippen LogP contribution in [0.3, 0.4) is 0 Å². The molecule has 26 heavy (non-hydrogen) atoms. The van der Waals surface area contributed by atoms with Crippen molar-refractivity contribution in [3.05, 3.63) is 65.5 Å². The second-order valence-electron chi connectivity index (χ2n) is 5.45. The Bertz CT molecular complexity index is 869. The Morgan fingerprint density at radius 3 is 2.62 bits per heavy atom. The van der Waals surface area contributed by atoms with Crippen molar-refractivity contribution in [2.45, 2.75) is 19.5 Å². The maximum Gasteiger partial charge on any atom is 0.387 e. The molecule has 0 unspecified atom stereocenters. The van der Waals surface area contributed by atoms with E-state index in [1.54, 1.807) is 23.6 Å². The van der Waals surface area contributed by atoms with Crippen LogP contribution in [0, 0.1) is 0 Å². The van der Waals surface area contributed by atoms with E-state index in [-0.39, 0.29) is 11.7 Å². The molecule has 0 aliphatic heterocycles. The van der Waals surface area contributed by atoms with Crippen LogP contribution in [0.1, 0.15) is 12.0 Å². The highest BCUT2D eigenvalue weighted by Gasteiger charge is 2.14. The number of halogens is 2. The van der Waals surface area contributed by atoms with Gasteiger partial charge in [0, 0.05) is 17.4 Å². The summed E-state index contributed by atoms with van der Waals surface area (Å²) >= 11 is 1.24. The normalized spacial score (nSPS) is 10.7. The smallest absolute Gasteiger partial charge is 0.387 e. The number of amides is 1. The van der Waals surface area contributed by atoms with Gasteiger partial charge in [0.1, 0.15) is 5.75 Å². The molecule has 1 heterocycles. The third-order valence-corrected chi connectivity index (χ3v) is 4.37. The number of hydrogen-bond donors (Lipinski definition) is 1. The molecule has 4 nitrogen and oxygen atoms in total.